The summed E-state index contributed by atoms with van der Waals surface area (Å²) in [7, 11) is 0. The second-order valence-corrected chi connectivity index (χ2v) is 7.09. The summed E-state index contributed by atoms with van der Waals surface area (Å²) in [5.41, 5.74) is 5.18. The molecule has 1 rings (SSSR count). The second kappa shape index (κ2) is 7.62. The Morgan fingerprint density at radius 3 is 2.24 bits per heavy atom. The molecule has 2 amide bonds. The molecule has 0 saturated heterocycles. The maximum Gasteiger partial charge on any atom is 0.224 e. The first-order valence-electron chi connectivity index (χ1n) is 7.38. The lowest BCUT2D eigenvalue weighted by atomic mass is 9.83. The summed E-state index contributed by atoms with van der Waals surface area (Å²) < 4.78 is 0. The van der Waals surface area contributed by atoms with Crippen molar-refractivity contribution < 1.29 is 9.59 Å². The zero-order valence-corrected chi connectivity index (χ0v) is 13.1. The molecule has 0 aromatic rings. The SMILES string of the molecule is C.C=CC[C@H](C(N)=O)[C@@H](CC1CC1C)C(=O)NC(C)(C)C. The van der Waals surface area contributed by atoms with Gasteiger partial charge < -0.3 is 11.1 Å². The third-order valence-corrected chi connectivity index (χ3v) is 3.94. The van der Waals surface area contributed by atoms with Gasteiger partial charge in [0.2, 0.25) is 11.8 Å². The summed E-state index contributed by atoms with van der Waals surface area (Å²) in [4.78, 5) is 24.2. The van der Waals surface area contributed by atoms with Crippen molar-refractivity contribution in [3.8, 4) is 0 Å². The van der Waals surface area contributed by atoms with Crippen LogP contribution in [-0.4, -0.2) is 17.4 Å². The van der Waals surface area contributed by atoms with Gasteiger partial charge in [-0.2, -0.15) is 0 Å². The molecule has 0 heterocycles. The van der Waals surface area contributed by atoms with Crippen LogP contribution in [0, 0.1) is 23.7 Å². The van der Waals surface area contributed by atoms with E-state index >= 15 is 0 Å². The van der Waals surface area contributed by atoms with Gasteiger partial charge in [0, 0.05) is 5.54 Å². The number of rotatable bonds is 7. The lowest BCUT2D eigenvalue weighted by molar-refractivity contribution is -0.134. The van der Waals surface area contributed by atoms with Gasteiger partial charge in [-0.05, 0) is 51.9 Å². The number of hydrogen-bond donors (Lipinski definition) is 2. The zero-order valence-electron chi connectivity index (χ0n) is 13.1. The molecule has 3 N–H and O–H groups in total. The van der Waals surface area contributed by atoms with E-state index in [1.165, 1.54) is 0 Å². The Labute approximate surface area is 129 Å². The molecule has 4 nitrogen and oxygen atoms in total. The van der Waals surface area contributed by atoms with Gasteiger partial charge in [0.25, 0.3) is 0 Å². The maximum atomic E-state index is 12.5. The van der Waals surface area contributed by atoms with Crippen LogP contribution >= 0.6 is 0 Å². The van der Waals surface area contributed by atoms with Crippen LogP contribution < -0.4 is 11.1 Å². The van der Waals surface area contributed by atoms with Crippen LogP contribution in [0.3, 0.4) is 0 Å². The molecule has 0 radical (unpaired) electrons. The van der Waals surface area contributed by atoms with Gasteiger partial charge in [0.15, 0.2) is 0 Å². The molecule has 0 aromatic heterocycles. The molecule has 0 aliphatic heterocycles. The lowest BCUT2D eigenvalue weighted by Crippen LogP contribution is -2.47. The molecule has 122 valence electrons. The van der Waals surface area contributed by atoms with Crippen molar-refractivity contribution in [2.45, 2.75) is 59.9 Å². The Bertz CT molecular complexity index is 385. The van der Waals surface area contributed by atoms with E-state index in [9.17, 15) is 9.59 Å². The van der Waals surface area contributed by atoms with Crippen molar-refractivity contribution in [1.29, 1.82) is 0 Å². The Kier molecular flexibility index (Phi) is 7.14. The third kappa shape index (κ3) is 6.32. The highest BCUT2D eigenvalue weighted by atomic mass is 16.2. The summed E-state index contributed by atoms with van der Waals surface area (Å²) in [6.45, 7) is 11.7. The first-order valence-corrected chi connectivity index (χ1v) is 7.38. The van der Waals surface area contributed by atoms with Crippen LogP contribution in [-0.2, 0) is 9.59 Å². The van der Waals surface area contributed by atoms with E-state index < -0.39 is 11.8 Å². The van der Waals surface area contributed by atoms with Crippen LogP contribution in [0.5, 0.6) is 0 Å². The fourth-order valence-corrected chi connectivity index (χ4v) is 2.63. The highest BCUT2D eigenvalue weighted by Crippen LogP contribution is 2.44. The summed E-state index contributed by atoms with van der Waals surface area (Å²) >= 11 is 0. The highest BCUT2D eigenvalue weighted by molar-refractivity contribution is 5.87. The molecule has 1 saturated carbocycles. The Morgan fingerprint density at radius 2 is 1.90 bits per heavy atom. The minimum Gasteiger partial charge on any atom is -0.369 e. The Hall–Kier alpha value is -1.32. The summed E-state index contributed by atoms with van der Waals surface area (Å²) in [5, 5.41) is 2.98. The van der Waals surface area contributed by atoms with Crippen LogP contribution in [0.25, 0.3) is 0 Å². The van der Waals surface area contributed by atoms with E-state index in [0.29, 0.717) is 18.3 Å². The highest BCUT2D eigenvalue weighted by Gasteiger charge is 2.41. The van der Waals surface area contributed by atoms with Crippen molar-refractivity contribution in [3.63, 3.8) is 0 Å². The number of nitrogens with two attached hydrogens (primary N) is 1. The van der Waals surface area contributed by atoms with Gasteiger partial charge in [0.05, 0.1) is 11.8 Å². The molecule has 0 aromatic carbocycles. The largest absolute Gasteiger partial charge is 0.369 e. The van der Waals surface area contributed by atoms with Crippen molar-refractivity contribution >= 4 is 11.8 Å². The lowest BCUT2D eigenvalue weighted by Gasteiger charge is -2.28. The predicted octanol–water partition coefficient (Wildman–Crippen LogP) is 2.88. The van der Waals surface area contributed by atoms with E-state index in [0.717, 1.165) is 12.8 Å². The number of amides is 2. The Balaban J connectivity index is 0.00000400. The molecule has 1 aliphatic carbocycles. The number of primary amides is 1. The molecule has 1 fully saturated rings. The van der Waals surface area contributed by atoms with Crippen molar-refractivity contribution in [2.24, 2.45) is 29.4 Å². The minimum atomic E-state index is -0.456. The fraction of sp³-hybridized carbons (Fsp3) is 0.765. The molecule has 0 bridgehead atoms. The number of hydrogen-bond acceptors (Lipinski definition) is 2. The van der Waals surface area contributed by atoms with Crippen LogP contribution in [0.4, 0.5) is 0 Å². The number of allylic oxidation sites excluding steroid dienone is 1. The third-order valence-electron chi connectivity index (χ3n) is 3.94. The van der Waals surface area contributed by atoms with Gasteiger partial charge in [0.1, 0.15) is 0 Å². The monoisotopic (exact) mass is 296 g/mol. The van der Waals surface area contributed by atoms with Gasteiger partial charge in [-0.25, -0.2) is 0 Å². The fourth-order valence-electron chi connectivity index (χ4n) is 2.63. The standard InChI is InChI=1S/C16H28N2O2.CH4/c1-6-7-12(14(17)19)13(9-11-8-10(11)2)15(20)18-16(3,4)5;/h6,10-13H,1,7-9H2,2-5H3,(H2,17,19)(H,18,20);1H4/t10?,11?,12-,13+;/m0./s1. The van der Waals surface area contributed by atoms with Gasteiger partial charge in [-0.15, -0.1) is 6.58 Å². The zero-order chi connectivity index (χ0) is 15.5. The number of carbonyl (C=O) groups is 2. The summed E-state index contributed by atoms with van der Waals surface area (Å²) in [5.74, 6) is -0.0913. The molecular formula is C17H32N2O2. The normalized spacial score (nSPS) is 23.4. The topological polar surface area (TPSA) is 72.2 Å². The quantitative estimate of drug-likeness (QED) is 0.709. The van der Waals surface area contributed by atoms with Crippen LogP contribution in [0.15, 0.2) is 12.7 Å². The second-order valence-electron chi connectivity index (χ2n) is 7.09. The summed E-state index contributed by atoms with van der Waals surface area (Å²) in [6.07, 6.45) is 4.01. The first-order chi connectivity index (χ1) is 9.15. The van der Waals surface area contributed by atoms with Crippen LogP contribution in [0.2, 0.25) is 0 Å². The molecule has 0 spiro atoms. The van der Waals surface area contributed by atoms with E-state index in [1.807, 2.05) is 20.8 Å². The number of carbonyl (C=O) groups excluding carboxylic acids is 2. The van der Waals surface area contributed by atoms with Crippen LogP contribution in [0.1, 0.15) is 54.4 Å². The van der Waals surface area contributed by atoms with Crippen molar-refractivity contribution in [1.82, 2.24) is 5.32 Å². The molecule has 21 heavy (non-hydrogen) atoms. The molecule has 4 atom stereocenters. The van der Waals surface area contributed by atoms with E-state index in [2.05, 4.69) is 18.8 Å². The maximum absolute atomic E-state index is 12.5. The molecule has 1 aliphatic rings. The average molecular weight is 296 g/mol. The first kappa shape index (κ1) is 19.7. The van der Waals surface area contributed by atoms with Gasteiger partial charge >= 0.3 is 0 Å². The van der Waals surface area contributed by atoms with E-state index in [4.69, 9.17) is 5.73 Å². The molecule has 4 heteroatoms. The average Bonchev–Trinajstić information content (AvgIpc) is 2.96. The smallest absolute Gasteiger partial charge is 0.224 e. The molecular weight excluding hydrogens is 264 g/mol. The molecule has 2 unspecified atom stereocenters. The van der Waals surface area contributed by atoms with Gasteiger partial charge in [-0.1, -0.05) is 20.4 Å². The van der Waals surface area contributed by atoms with Crippen molar-refractivity contribution in [2.75, 3.05) is 0 Å². The minimum absolute atomic E-state index is 0. The number of nitrogens with one attached hydrogen (secondary N) is 1. The van der Waals surface area contributed by atoms with E-state index in [1.54, 1.807) is 6.08 Å². The predicted molar refractivity (Wildman–Crippen MR) is 87.5 cm³/mol. The van der Waals surface area contributed by atoms with Gasteiger partial charge in [-0.3, -0.25) is 9.59 Å². The Morgan fingerprint density at radius 1 is 1.38 bits per heavy atom. The van der Waals surface area contributed by atoms with E-state index in [-0.39, 0.29) is 24.8 Å². The summed E-state index contributed by atoms with van der Waals surface area (Å²) in [6, 6.07) is 0. The van der Waals surface area contributed by atoms with Crippen molar-refractivity contribution in [3.05, 3.63) is 12.7 Å².